The van der Waals surface area contributed by atoms with E-state index in [1.807, 2.05) is 48.2 Å². The second-order valence-corrected chi connectivity index (χ2v) is 7.26. The lowest BCUT2D eigenvalue weighted by molar-refractivity contribution is 0.0904. The molecule has 1 saturated heterocycles. The summed E-state index contributed by atoms with van der Waals surface area (Å²) in [6.07, 6.45) is 1.68. The van der Waals surface area contributed by atoms with Crippen LogP contribution in [-0.4, -0.2) is 41.9 Å². The molecule has 1 amide bonds. The SMILES string of the molecule is O=C(NCC(c1ccco1)N1CCSCC1)c1cc2ccccc2o1. The van der Waals surface area contributed by atoms with Gasteiger partial charge in [-0.1, -0.05) is 18.2 Å². The summed E-state index contributed by atoms with van der Waals surface area (Å²) in [7, 11) is 0. The third-order valence-corrected chi connectivity index (χ3v) is 5.41. The predicted molar refractivity (Wildman–Crippen MR) is 98.9 cm³/mol. The van der Waals surface area contributed by atoms with Gasteiger partial charge >= 0.3 is 0 Å². The highest BCUT2D eigenvalue weighted by atomic mass is 32.2. The Balaban J connectivity index is 1.47. The Morgan fingerprint density at radius 1 is 1.20 bits per heavy atom. The Labute approximate surface area is 150 Å². The van der Waals surface area contributed by atoms with Crippen LogP contribution in [0, 0.1) is 0 Å². The number of para-hydroxylation sites is 1. The van der Waals surface area contributed by atoms with E-state index in [2.05, 4.69) is 10.2 Å². The van der Waals surface area contributed by atoms with Gasteiger partial charge in [-0.25, -0.2) is 0 Å². The molecule has 4 rings (SSSR count). The zero-order valence-corrected chi connectivity index (χ0v) is 14.6. The van der Waals surface area contributed by atoms with Gasteiger partial charge in [0.05, 0.1) is 12.3 Å². The third-order valence-electron chi connectivity index (χ3n) is 4.46. The van der Waals surface area contributed by atoms with Gasteiger partial charge in [0.15, 0.2) is 5.76 Å². The number of rotatable bonds is 5. The van der Waals surface area contributed by atoms with Gasteiger partial charge in [0.1, 0.15) is 11.3 Å². The standard InChI is InChI=1S/C19H20N2O3S/c22-19(18-12-14-4-1-2-5-16(14)24-18)20-13-15(17-6-3-9-23-17)21-7-10-25-11-8-21/h1-6,9,12,15H,7-8,10-11,13H2,(H,20,22). The van der Waals surface area contributed by atoms with Crippen LogP contribution in [0.2, 0.25) is 0 Å². The molecule has 0 saturated carbocycles. The first-order valence-corrected chi connectivity index (χ1v) is 9.59. The highest BCUT2D eigenvalue weighted by Gasteiger charge is 2.25. The number of hydrogen-bond acceptors (Lipinski definition) is 5. The molecule has 3 aromatic rings. The quantitative estimate of drug-likeness (QED) is 0.758. The van der Waals surface area contributed by atoms with E-state index in [-0.39, 0.29) is 11.9 Å². The highest BCUT2D eigenvalue weighted by molar-refractivity contribution is 7.99. The van der Waals surface area contributed by atoms with Crippen LogP contribution < -0.4 is 5.32 Å². The van der Waals surface area contributed by atoms with Crippen molar-refractivity contribution in [3.63, 3.8) is 0 Å². The second-order valence-electron chi connectivity index (χ2n) is 6.04. The average molecular weight is 356 g/mol. The summed E-state index contributed by atoms with van der Waals surface area (Å²) < 4.78 is 11.3. The fraction of sp³-hybridized carbons (Fsp3) is 0.316. The van der Waals surface area contributed by atoms with E-state index in [4.69, 9.17) is 8.83 Å². The van der Waals surface area contributed by atoms with Crippen molar-refractivity contribution < 1.29 is 13.6 Å². The molecule has 1 aliphatic rings. The van der Waals surface area contributed by atoms with Gasteiger partial charge in [0.2, 0.25) is 0 Å². The van der Waals surface area contributed by atoms with Crippen LogP contribution in [-0.2, 0) is 0 Å². The fourth-order valence-corrected chi connectivity index (χ4v) is 4.08. The lowest BCUT2D eigenvalue weighted by Gasteiger charge is -2.33. The Morgan fingerprint density at radius 2 is 2.04 bits per heavy atom. The maximum absolute atomic E-state index is 12.5. The molecule has 130 valence electrons. The van der Waals surface area contributed by atoms with Crippen molar-refractivity contribution in [2.75, 3.05) is 31.1 Å². The van der Waals surface area contributed by atoms with Crippen LogP contribution in [0.1, 0.15) is 22.4 Å². The van der Waals surface area contributed by atoms with E-state index in [1.54, 1.807) is 12.3 Å². The van der Waals surface area contributed by atoms with Gasteiger partial charge in [0.25, 0.3) is 5.91 Å². The van der Waals surface area contributed by atoms with Gasteiger partial charge in [-0.05, 0) is 24.3 Å². The Morgan fingerprint density at radius 3 is 2.80 bits per heavy atom. The smallest absolute Gasteiger partial charge is 0.287 e. The lowest BCUT2D eigenvalue weighted by Crippen LogP contribution is -2.41. The minimum absolute atomic E-state index is 0.0456. The van der Waals surface area contributed by atoms with Crippen LogP contribution in [0.25, 0.3) is 11.0 Å². The number of nitrogens with one attached hydrogen (secondary N) is 1. The number of hydrogen-bond donors (Lipinski definition) is 1. The summed E-state index contributed by atoms with van der Waals surface area (Å²) in [5.74, 6) is 3.24. The van der Waals surface area contributed by atoms with Crippen LogP contribution in [0.4, 0.5) is 0 Å². The molecular formula is C19H20N2O3S. The van der Waals surface area contributed by atoms with E-state index in [0.717, 1.165) is 41.3 Å². The number of benzene rings is 1. The monoisotopic (exact) mass is 356 g/mol. The molecule has 1 fully saturated rings. The zero-order chi connectivity index (χ0) is 17.1. The molecule has 1 unspecified atom stereocenters. The molecule has 0 aliphatic carbocycles. The first-order valence-electron chi connectivity index (χ1n) is 8.43. The minimum atomic E-state index is -0.195. The van der Waals surface area contributed by atoms with Crippen molar-refractivity contribution in [3.05, 3.63) is 60.2 Å². The second kappa shape index (κ2) is 7.37. The molecule has 0 radical (unpaired) electrons. The largest absolute Gasteiger partial charge is 0.468 e. The molecule has 1 N–H and O–H groups in total. The number of carbonyl (C=O) groups excluding carboxylic acids is 1. The van der Waals surface area contributed by atoms with E-state index in [1.165, 1.54) is 0 Å². The maximum Gasteiger partial charge on any atom is 0.287 e. The number of amides is 1. The van der Waals surface area contributed by atoms with Crippen LogP contribution in [0.3, 0.4) is 0 Å². The minimum Gasteiger partial charge on any atom is -0.468 e. The van der Waals surface area contributed by atoms with Crippen LogP contribution in [0.15, 0.2) is 57.6 Å². The van der Waals surface area contributed by atoms with E-state index in [9.17, 15) is 4.79 Å². The lowest BCUT2D eigenvalue weighted by atomic mass is 10.1. The van der Waals surface area contributed by atoms with E-state index in [0.29, 0.717) is 12.3 Å². The topological polar surface area (TPSA) is 58.6 Å². The molecule has 1 atom stereocenters. The summed E-state index contributed by atoms with van der Waals surface area (Å²) in [5.41, 5.74) is 0.725. The zero-order valence-electron chi connectivity index (χ0n) is 13.8. The van der Waals surface area contributed by atoms with Gasteiger partial charge in [-0.15, -0.1) is 0 Å². The van der Waals surface area contributed by atoms with Gasteiger partial charge in [-0.2, -0.15) is 11.8 Å². The predicted octanol–water partition coefficient (Wildman–Crippen LogP) is 3.55. The van der Waals surface area contributed by atoms with Crippen molar-refractivity contribution in [3.8, 4) is 0 Å². The van der Waals surface area contributed by atoms with Gasteiger partial charge in [0, 0.05) is 36.5 Å². The van der Waals surface area contributed by atoms with E-state index < -0.39 is 0 Å². The molecule has 0 bridgehead atoms. The molecule has 25 heavy (non-hydrogen) atoms. The highest BCUT2D eigenvalue weighted by Crippen LogP contribution is 2.24. The summed E-state index contributed by atoms with van der Waals surface area (Å²) >= 11 is 1.96. The summed E-state index contributed by atoms with van der Waals surface area (Å²) in [6, 6.07) is 13.3. The van der Waals surface area contributed by atoms with Crippen molar-refractivity contribution in [1.29, 1.82) is 0 Å². The van der Waals surface area contributed by atoms with Crippen molar-refractivity contribution >= 4 is 28.6 Å². The van der Waals surface area contributed by atoms with Gasteiger partial charge in [-0.3, -0.25) is 9.69 Å². The number of nitrogens with zero attached hydrogens (tertiary/aromatic N) is 1. The molecule has 5 nitrogen and oxygen atoms in total. The maximum atomic E-state index is 12.5. The van der Waals surface area contributed by atoms with Crippen molar-refractivity contribution in [1.82, 2.24) is 10.2 Å². The van der Waals surface area contributed by atoms with Crippen LogP contribution in [0.5, 0.6) is 0 Å². The summed E-state index contributed by atoms with van der Waals surface area (Å²) in [6.45, 7) is 2.49. The Kier molecular flexibility index (Phi) is 4.81. The summed E-state index contributed by atoms with van der Waals surface area (Å²) in [4.78, 5) is 14.9. The van der Waals surface area contributed by atoms with E-state index >= 15 is 0 Å². The molecule has 3 heterocycles. The molecular weight excluding hydrogens is 336 g/mol. The van der Waals surface area contributed by atoms with Crippen molar-refractivity contribution in [2.24, 2.45) is 0 Å². The fourth-order valence-electron chi connectivity index (χ4n) is 3.15. The van der Waals surface area contributed by atoms with Gasteiger partial charge < -0.3 is 14.2 Å². The molecule has 0 spiro atoms. The number of thioether (sulfide) groups is 1. The molecule has 6 heteroatoms. The molecule has 1 aromatic carbocycles. The van der Waals surface area contributed by atoms with Crippen LogP contribution >= 0.6 is 11.8 Å². The number of fused-ring (bicyclic) bond motifs is 1. The summed E-state index contributed by atoms with van der Waals surface area (Å²) in [5, 5.41) is 3.94. The Bertz CT molecular complexity index is 804. The Hall–Kier alpha value is -2.18. The number of furan rings is 2. The third kappa shape index (κ3) is 3.60. The normalized spacial score (nSPS) is 16.8. The molecule has 2 aromatic heterocycles. The first-order chi connectivity index (χ1) is 12.3. The average Bonchev–Trinajstić information content (AvgIpc) is 3.32. The number of carbonyl (C=O) groups is 1. The van der Waals surface area contributed by atoms with Crippen molar-refractivity contribution in [2.45, 2.75) is 6.04 Å². The molecule has 1 aliphatic heterocycles. The first kappa shape index (κ1) is 16.3.